The first-order chi connectivity index (χ1) is 21.2. The normalized spacial score (nSPS) is 14.9. The van der Waals surface area contributed by atoms with E-state index in [9.17, 15) is 5.11 Å². The predicted molar refractivity (Wildman–Crippen MR) is 166 cm³/mol. The number of alkyl halides is 1. The fraction of sp³-hybridized carbons (Fsp3) is 0.400. The van der Waals surface area contributed by atoms with Crippen LogP contribution in [0.3, 0.4) is 0 Å². The van der Waals surface area contributed by atoms with Crippen molar-refractivity contribution in [1.82, 2.24) is 29.4 Å². The minimum atomic E-state index is -2.38. The molecule has 8 nitrogen and oxygen atoms in total. The highest BCUT2D eigenvalue weighted by molar-refractivity contribution is 6.18. The van der Waals surface area contributed by atoms with E-state index in [-0.39, 0.29) is 18.1 Å². The zero-order valence-corrected chi connectivity index (χ0v) is 25.0. The predicted octanol–water partition coefficient (Wildman–Crippen LogP) is 4.80. The van der Waals surface area contributed by atoms with Gasteiger partial charge in [-0.2, -0.15) is 10.2 Å². The summed E-state index contributed by atoms with van der Waals surface area (Å²) in [5, 5.41) is 17.8. The highest BCUT2D eigenvalue weighted by Crippen LogP contribution is 2.25. The lowest BCUT2D eigenvalue weighted by Gasteiger charge is -2.20. The lowest BCUT2D eigenvalue weighted by molar-refractivity contribution is 0.0638. The lowest BCUT2D eigenvalue weighted by Crippen LogP contribution is -2.20. The summed E-state index contributed by atoms with van der Waals surface area (Å²) < 4.78 is 52.6. The number of ether oxygens (including phenoxy) is 1. The Balaban J connectivity index is 0.000000392. The fourth-order valence-electron chi connectivity index (χ4n) is 3.34. The van der Waals surface area contributed by atoms with Gasteiger partial charge in [0.2, 0.25) is 0 Å². The van der Waals surface area contributed by atoms with Gasteiger partial charge in [-0.25, -0.2) is 0 Å². The highest BCUT2D eigenvalue weighted by atomic mass is 35.5. The first kappa shape index (κ1) is 26.2. The molecule has 0 radical (unpaired) electrons. The Morgan fingerprint density at radius 1 is 0.800 bits per heavy atom. The number of hydrogen-bond acceptors (Lipinski definition) is 6. The molecule has 4 aromatic rings. The van der Waals surface area contributed by atoms with Crippen molar-refractivity contribution in [3.05, 3.63) is 108 Å². The Morgan fingerprint density at radius 2 is 1.30 bits per heavy atom. The van der Waals surface area contributed by atoms with Crippen molar-refractivity contribution in [2.75, 3.05) is 53.8 Å². The van der Waals surface area contributed by atoms with Crippen LogP contribution in [0.25, 0.3) is 0 Å². The monoisotopic (exact) mass is 596 g/mol. The van der Waals surface area contributed by atoms with Gasteiger partial charge in [-0.3, -0.25) is 9.36 Å². The Morgan fingerprint density at radius 3 is 1.77 bits per heavy atom. The van der Waals surface area contributed by atoms with Crippen LogP contribution in [0, 0.1) is 0 Å². The van der Waals surface area contributed by atoms with Crippen LogP contribution in [-0.4, -0.2) is 88.2 Å². The Bertz CT molecular complexity index is 1370. The maximum atomic E-state index is 10.1. The third kappa shape index (κ3) is 12.2. The Hall–Kier alpha value is -2.72. The van der Waals surface area contributed by atoms with Gasteiger partial charge in [0, 0.05) is 53.5 Å². The number of nitrogens with zero attached hydrogens (tertiary/aromatic N) is 6. The van der Waals surface area contributed by atoms with Crippen molar-refractivity contribution in [2.45, 2.75) is 12.2 Å². The maximum absolute atomic E-state index is 10.1. The molecule has 0 saturated heterocycles. The van der Waals surface area contributed by atoms with E-state index in [1.54, 1.807) is 30.3 Å². The van der Waals surface area contributed by atoms with E-state index in [0.717, 1.165) is 33.9 Å². The smallest absolute Gasteiger partial charge is 0.124 e. The van der Waals surface area contributed by atoms with E-state index < -0.39 is 26.2 Å². The van der Waals surface area contributed by atoms with Crippen molar-refractivity contribution >= 4 is 24.0 Å². The first-order valence-corrected chi connectivity index (χ1v) is 13.0. The molecule has 2 unspecified atom stereocenters. The van der Waals surface area contributed by atoms with Crippen LogP contribution in [0.5, 0.6) is 0 Å². The molecule has 220 valence electrons. The standard InChI is InChI=1S/C15H21N3O.C11H12N2O.C4H10ClN.ClH/c1-17(2)11-12-19-15(13-7-5-4-6-8-13)14-9-10-16-18(14)3;1-13-10(7-8-12-13)11(14)9-5-3-2-4-6-9;1-6(2)4-3-5;/h4-10,15H,11-12H2,1-3H3;2-8,11,14H,1H3;3-4H2,1-2H3;1H/i3D3;1D3;;. The lowest BCUT2D eigenvalue weighted by atomic mass is 10.1. The third-order valence-electron chi connectivity index (χ3n) is 5.47. The summed E-state index contributed by atoms with van der Waals surface area (Å²) in [5.41, 5.74) is 2.34. The summed E-state index contributed by atoms with van der Waals surface area (Å²) in [6.45, 7) is -2.48. The molecular weight excluding hydrogens is 547 g/mol. The Labute approximate surface area is 259 Å². The average Bonchev–Trinajstić information content (AvgIpc) is 3.67. The molecule has 0 saturated carbocycles. The Kier molecular flexibility index (Phi) is 12.7. The van der Waals surface area contributed by atoms with Crippen LogP contribution in [0.15, 0.2) is 85.2 Å². The molecule has 10 heteroatoms. The minimum Gasteiger partial charge on any atom is -0.382 e. The minimum absolute atomic E-state index is 0. The molecule has 2 heterocycles. The second-order valence-corrected chi connectivity index (χ2v) is 9.48. The van der Waals surface area contributed by atoms with E-state index in [4.69, 9.17) is 24.6 Å². The summed E-state index contributed by atoms with van der Waals surface area (Å²) in [6, 6.07) is 21.7. The summed E-state index contributed by atoms with van der Waals surface area (Å²) in [6.07, 6.45) is 1.42. The molecular formula is C30H44Cl2N6O2. The quantitative estimate of drug-likeness (QED) is 0.265. The largest absolute Gasteiger partial charge is 0.382 e. The second kappa shape index (κ2) is 19.4. The molecule has 2 aromatic carbocycles. The van der Waals surface area contributed by atoms with E-state index in [0.29, 0.717) is 17.9 Å². The van der Waals surface area contributed by atoms with Crippen LogP contribution in [0.4, 0.5) is 0 Å². The molecule has 0 aliphatic carbocycles. The molecule has 0 aliphatic heterocycles. The van der Waals surface area contributed by atoms with Gasteiger partial charge in [0.25, 0.3) is 0 Å². The van der Waals surface area contributed by atoms with E-state index >= 15 is 0 Å². The third-order valence-corrected chi connectivity index (χ3v) is 5.63. The first-order valence-electron chi connectivity index (χ1n) is 15.5. The van der Waals surface area contributed by atoms with Crippen LogP contribution in [0.1, 0.15) is 42.9 Å². The molecule has 40 heavy (non-hydrogen) atoms. The van der Waals surface area contributed by atoms with Gasteiger partial charge in [0.15, 0.2) is 0 Å². The second-order valence-electron chi connectivity index (χ2n) is 9.11. The van der Waals surface area contributed by atoms with Gasteiger partial charge in [-0.1, -0.05) is 60.7 Å². The number of rotatable bonds is 10. The van der Waals surface area contributed by atoms with E-state index in [1.807, 2.05) is 74.4 Å². The van der Waals surface area contributed by atoms with Gasteiger partial charge in [0.05, 0.1) is 18.0 Å². The van der Waals surface area contributed by atoms with Crippen molar-refractivity contribution in [2.24, 2.45) is 14.0 Å². The zero-order valence-electron chi connectivity index (χ0n) is 29.4. The number of halogens is 2. The number of aromatic nitrogens is 4. The number of likely N-dealkylation sites (N-methyl/N-ethyl adjacent to an activating group) is 1. The van der Waals surface area contributed by atoms with Crippen LogP contribution in [0.2, 0.25) is 0 Å². The van der Waals surface area contributed by atoms with Gasteiger partial charge < -0.3 is 19.6 Å². The zero-order chi connectivity index (χ0) is 33.6. The number of aryl methyl sites for hydroxylation is 2. The molecule has 1 N–H and O–H groups in total. The summed E-state index contributed by atoms with van der Waals surface area (Å²) >= 11 is 5.35. The molecule has 4 rings (SSSR count). The molecule has 2 atom stereocenters. The number of aliphatic hydroxyl groups excluding tert-OH is 1. The summed E-state index contributed by atoms with van der Waals surface area (Å²) in [7, 11) is 7.94. The van der Waals surface area contributed by atoms with Crippen molar-refractivity contribution in [3.8, 4) is 0 Å². The fourth-order valence-corrected chi connectivity index (χ4v) is 3.68. The van der Waals surface area contributed by atoms with Crippen molar-refractivity contribution < 1.29 is 18.1 Å². The van der Waals surface area contributed by atoms with Crippen LogP contribution in [-0.2, 0) is 18.7 Å². The van der Waals surface area contributed by atoms with Crippen LogP contribution < -0.4 is 0 Å². The maximum Gasteiger partial charge on any atom is 0.124 e. The molecule has 0 amide bonds. The van der Waals surface area contributed by atoms with Crippen molar-refractivity contribution in [3.63, 3.8) is 0 Å². The molecule has 0 fully saturated rings. The molecule has 0 aliphatic rings. The number of hydrogen-bond donors (Lipinski definition) is 1. The topological polar surface area (TPSA) is 71.6 Å². The molecule has 0 spiro atoms. The molecule has 2 aromatic heterocycles. The SMILES string of the molecule is CN(C)CCCl.Cl.[2H]C([2H])([2H])n1nccc1C(O)c1ccccc1.[2H]C([2H])([2H])n1nccc1C(OCCN(C)C)c1ccccc1. The van der Waals surface area contributed by atoms with Gasteiger partial charge in [-0.15, -0.1) is 24.0 Å². The number of benzene rings is 2. The number of aliphatic hydroxyl groups is 1. The van der Waals surface area contributed by atoms with E-state index in [1.165, 1.54) is 18.5 Å². The van der Waals surface area contributed by atoms with Crippen LogP contribution >= 0.6 is 24.0 Å². The average molecular weight is 598 g/mol. The summed E-state index contributed by atoms with van der Waals surface area (Å²) in [5.74, 6) is 0.729. The van der Waals surface area contributed by atoms with Gasteiger partial charge in [0.1, 0.15) is 12.2 Å². The van der Waals surface area contributed by atoms with Crippen molar-refractivity contribution in [1.29, 1.82) is 0 Å². The van der Waals surface area contributed by atoms with Gasteiger partial charge >= 0.3 is 0 Å². The summed E-state index contributed by atoms with van der Waals surface area (Å²) in [4.78, 5) is 4.07. The van der Waals surface area contributed by atoms with E-state index in [2.05, 4.69) is 10.2 Å². The van der Waals surface area contributed by atoms with Gasteiger partial charge in [-0.05, 0) is 51.5 Å². The molecule has 0 bridgehead atoms. The highest BCUT2D eigenvalue weighted by Gasteiger charge is 2.17.